The van der Waals surface area contributed by atoms with Gasteiger partial charge in [0.1, 0.15) is 6.04 Å². The molecule has 1 aromatic heterocycles. The van der Waals surface area contributed by atoms with Gasteiger partial charge in [-0.3, -0.25) is 9.59 Å². The lowest BCUT2D eigenvalue weighted by Gasteiger charge is -2.12. The summed E-state index contributed by atoms with van der Waals surface area (Å²) >= 11 is 1.28. The Morgan fingerprint density at radius 3 is 2.37 bits per heavy atom. The first-order valence-electron chi connectivity index (χ1n) is 5.63. The van der Waals surface area contributed by atoms with Crippen molar-refractivity contribution in [1.29, 1.82) is 0 Å². The number of aliphatic carboxylic acids is 2. The quantitative estimate of drug-likeness (QED) is 0.733. The zero-order chi connectivity index (χ0) is 14.6. The van der Waals surface area contributed by atoms with E-state index >= 15 is 0 Å². The third kappa shape index (κ3) is 4.36. The standard InChI is InChI=1S/C12H15NO5S/c1-6-5-9(19-7(6)2)11(16)13-8(12(17)18)3-4-10(14)15/h5,8H,3-4H2,1-2H3,(H,13,16)(H,14,15)(H,17,18). The summed E-state index contributed by atoms with van der Waals surface area (Å²) in [4.78, 5) is 34.6. The number of thiophene rings is 1. The molecule has 0 radical (unpaired) electrons. The van der Waals surface area contributed by atoms with Crippen molar-refractivity contribution in [2.75, 3.05) is 0 Å². The van der Waals surface area contributed by atoms with Crippen LogP contribution in [-0.2, 0) is 9.59 Å². The van der Waals surface area contributed by atoms with Crippen LogP contribution in [0.4, 0.5) is 0 Å². The van der Waals surface area contributed by atoms with E-state index in [0.29, 0.717) is 4.88 Å². The molecular formula is C12H15NO5S. The summed E-state index contributed by atoms with van der Waals surface area (Å²) in [5.41, 5.74) is 0.965. The SMILES string of the molecule is Cc1cc(C(=O)NC(CCC(=O)O)C(=O)O)sc1C. The second-order valence-electron chi connectivity index (χ2n) is 4.15. The number of nitrogens with one attached hydrogen (secondary N) is 1. The fourth-order valence-electron chi connectivity index (χ4n) is 1.44. The molecule has 1 unspecified atom stereocenters. The molecule has 1 aromatic rings. The molecule has 104 valence electrons. The first-order chi connectivity index (χ1) is 8.81. The van der Waals surface area contributed by atoms with Gasteiger partial charge in [0.2, 0.25) is 0 Å². The van der Waals surface area contributed by atoms with E-state index in [4.69, 9.17) is 10.2 Å². The third-order valence-electron chi connectivity index (χ3n) is 2.64. The van der Waals surface area contributed by atoms with E-state index in [9.17, 15) is 14.4 Å². The van der Waals surface area contributed by atoms with Crippen LogP contribution in [0.3, 0.4) is 0 Å². The van der Waals surface area contributed by atoms with Gasteiger partial charge < -0.3 is 15.5 Å². The molecule has 0 aliphatic heterocycles. The molecule has 1 heterocycles. The Bertz CT molecular complexity index is 489. The van der Waals surface area contributed by atoms with E-state index in [1.165, 1.54) is 11.3 Å². The second-order valence-corrected chi connectivity index (χ2v) is 5.40. The lowest BCUT2D eigenvalue weighted by molar-refractivity contribution is -0.140. The highest BCUT2D eigenvalue weighted by atomic mass is 32.1. The molecule has 6 nitrogen and oxygen atoms in total. The highest BCUT2D eigenvalue weighted by molar-refractivity contribution is 7.14. The topological polar surface area (TPSA) is 104 Å². The third-order valence-corrected chi connectivity index (χ3v) is 3.79. The average molecular weight is 285 g/mol. The predicted octanol–water partition coefficient (Wildman–Crippen LogP) is 1.41. The summed E-state index contributed by atoms with van der Waals surface area (Å²) in [6, 6.07) is 0.497. The Labute approximate surface area is 114 Å². The maximum Gasteiger partial charge on any atom is 0.326 e. The largest absolute Gasteiger partial charge is 0.481 e. The second kappa shape index (κ2) is 6.33. The number of carbonyl (C=O) groups excluding carboxylic acids is 1. The Balaban J connectivity index is 2.71. The van der Waals surface area contributed by atoms with Gasteiger partial charge in [0.25, 0.3) is 5.91 Å². The van der Waals surface area contributed by atoms with Crippen LogP contribution < -0.4 is 5.32 Å². The van der Waals surface area contributed by atoms with Crippen LogP contribution in [0.5, 0.6) is 0 Å². The average Bonchev–Trinajstić information content (AvgIpc) is 2.64. The van der Waals surface area contributed by atoms with Gasteiger partial charge in [-0.15, -0.1) is 11.3 Å². The van der Waals surface area contributed by atoms with E-state index in [0.717, 1.165) is 10.4 Å². The van der Waals surface area contributed by atoms with Crippen molar-refractivity contribution in [3.63, 3.8) is 0 Å². The Hall–Kier alpha value is -1.89. The highest BCUT2D eigenvalue weighted by Gasteiger charge is 2.22. The fourth-order valence-corrected chi connectivity index (χ4v) is 2.38. The molecule has 1 rings (SSSR count). The van der Waals surface area contributed by atoms with Crippen molar-refractivity contribution in [2.45, 2.75) is 32.7 Å². The van der Waals surface area contributed by atoms with E-state index in [1.54, 1.807) is 6.07 Å². The van der Waals surface area contributed by atoms with Gasteiger partial charge in [-0.25, -0.2) is 4.79 Å². The lowest BCUT2D eigenvalue weighted by Crippen LogP contribution is -2.40. The molecule has 0 aliphatic carbocycles. The number of rotatable bonds is 6. The van der Waals surface area contributed by atoms with Crippen LogP contribution in [0.1, 0.15) is 33.0 Å². The molecule has 1 atom stereocenters. The summed E-state index contributed by atoms with van der Waals surface area (Å²) in [7, 11) is 0. The first-order valence-corrected chi connectivity index (χ1v) is 6.45. The fraction of sp³-hybridized carbons (Fsp3) is 0.417. The van der Waals surface area contributed by atoms with Crippen molar-refractivity contribution >= 4 is 29.2 Å². The number of hydrogen-bond donors (Lipinski definition) is 3. The molecule has 19 heavy (non-hydrogen) atoms. The molecule has 3 N–H and O–H groups in total. The first kappa shape index (κ1) is 15.2. The molecule has 0 fully saturated rings. The van der Waals surface area contributed by atoms with Crippen molar-refractivity contribution in [3.8, 4) is 0 Å². The Kier molecular flexibility index (Phi) is 5.05. The molecule has 0 aliphatic rings. The Morgan fingerprint density at radius 2 is 1.95 bits per heavy atom. The zero-order valence-corrected chi connectivity index (χ0v) is 11.4. The maximum absolute atomic E-state index is 11.9. The molecular weight excluding hydrogens is 270 g/mol. The van der Waals surface area contributed by atoms with Gasteiger partial charge >= 0.3 is 11.9 Å². The number of amides is 1. The minimum atomic E-state index is -1.24. The molecule has 0 spiro atoms. The van der Waals surface area contributed by atoms with Crippen molar-refractivity contribution in [2.24, 2.45) is 0 Å². The minimum Gasteiger partial charge on any atom is -0.481 e. The molecule has 0 saturated heterocycles. The number of carboxylic acid groups (broad SMARTS) is 2. The van der Waals surface area contributed by atoms with E-state index in [-0.39, 0.29) is 12.8 Å². The van der Waals surface area contributed by atoms with Gasteiger partial charge in [-0.05, 0) is 31.9 Å². The van der Waals surface area contributed by atoms with Gasteiger partial charge in [0.05, 0.1) is 4.88 Å². The summed E-state index contributed by atoms with van der Waals surface area (Å²) < 4.78 is 0. The number of hydrogen-bond acceptors (Lipinski definition) is 4. The van der Waals surface area contributed by atoms with E-state index in [2.05, 4.69) is 5.32 Å². The van der Waals surface area contributed by atoms with Gasteiger partial charge in [0.15, 0.2) is 0 Å². The smallest absolute Gasteiger partial charge is 0.326 e. The zero-order valence-electron chi connectivity index (χ0n) is 10.6. The Morgan fingerprint density at radius 1 is 1.32 bits per heavy atom. The maximum atomic E-state index is 11.9. The number of aryl methyl sites for hydroxylation is 2. The minimum absolute atomic E-state index is 0.139. The number of carbonyl (C=O) groups is 3. The van der Waals surface area contributed by atoms with Crippen LogP contribution in [0.15, 0.2) is 6.07 Å². The van der Waals surface area contributed by atoms with Gasteiger partial charge in [0, 0.05) is 11.3 Å². The van der Waals surface area contributed by atoms with E-state index < -0.39 is 23.9 Å². The summed E-state index contributed by atoms with van der Waals surface area (Å²) in [6.07, 6.45) is -0.445. The summed E-state index contributed by atoms with van der Waals surface area (Å²) in [6.45, 7) is 3.73. The molecule has 0 saturated carbocycles. The van der Waals surface area contributed by atoms with E-state index in [1.807, 2.05) is 13.8 Å². The van der Waals surface area contributed by atoms with Crippen LogP contribution in [0, 0.1) is 13.8 Å². The van der Waals surface area contributed by atoms with Crippen LogP contribution in [-0.4, -0.2) is 34.1 Å². The highest BCUT2D eigenvalue weighted by Crippen LogP contribution is 2.20. The molecule has 7 heteroatoms. The van der Waals surface area contributed by atoms with Crippen molar-refractivity contribution < 1.29 is 24.6 Å². The van der Waals surface area contributed by atoms with Crippen molar-refractivity contribution in [3.05, 3.63) is 21.4 Å². The molecule has 1 amide bonds. The van der Waals surface area contributed by atoms with Crippen molar-refractivity contribution in [1.82, 2.24) is 5.32 Å². The summed E-state index contributed by atoms with van der Waals surface area (Å²) in [5, 5.41) is 19.8. The summed E-state index contributed by atoms with van der Waals surface area (Å²) in [5.74, 6) is -2.82. The lowest BCUT2D eigenvalue weighted by atomic mass is 10.1. The van der Waals surface area contributed by atoms with Crippen LogP contribution in [0.25, 0.3) is 0 Å². The molecule has 0 bridgehead atoms. The van der Waals surface area contributed by atoms with Crippen LogP contribution >= 0.6 is 11.3 Å². The van der Waals surface area contributed by atoms with Gasteiger partial charge in [-0.2, -0.15) is 0 Å². The predicted molar refractivity (Wildman–Crippen MR) is 69.6 cm³/mol. The van der Waals surface area contributed by atoms with Crippen LogP contribution in [0.2, 0.25) is 0 Å². The normalized spacial score (nSPS) is 11.9. The monoisotopic (exact) mass is 285 g/mol. The molecule has 0 aromatic carbocycles. The number of carboxylic acids is 2. The van der Waals surface area contributed by atoms with Gasteiger partial charge in [-0.1, -0.05) is 0 Å².